The maximum absolute atomic E-state index is 13.1. The first-order valence-corrected chi connectivity index (χ1v) is 9.95. The Hall–Kier alpha value is -2.45. The molecule has 2 aromatic heterocycles. The lowest BCUT2D eigenvalue weighted by atomic mass is 10.1. The van der Waals surface area contributed by atoms with Gasteiger partial charge in [0.25, 0.3) is 5.56 Å². The first-order chi connectivity index (χ1) is 13.0. The maximum atomic E-state index is 13.1. The number of aryl methyl sites for hydroxylation is 1. The number of aromatic nitrogens is 4. The van der Waals surface area contributed by atoms with Gasteiger partial charge in [-0.15, -0.1) is 0 Å². The molecule has 0 radical (unpaired) electrons. The van der Waals surface area contributed by atoms with Crippen LogP contribution >= 0.6 is 11.8 Å². The molecule has 0 unspecified atom stereocenters. The van der Waals surface area contributed by atoms with E-state index in [4.69, 9.17) is 0 Å². The number of benzene rings is 1. The minimum atomic E-state index is -0.265. The number of hydrogen-bond donors (Lipinski definition) is 1. The van der Waals surface area contributed by atoms with E-state index in [0.29, 0.717) is 18.2 Å². The van der Waals surface area contributed by atoms with Crippen LogP contribution < -0.4 is 5.56 Å². The third kappa shape index (κ3) is 3.68. The molecule has 1 aliphatic rings. The zero-order chi connectivity index (χ0) is 19.0. The molecule has 0 saturated heterocycles. The van der Waals surface area contributed by atoms with Gasteiger partial charge in [0.15, 0.2) is 5.16 Å². The van der Waals surface area contributed by atoms with Gasteiger partial charge < -0.3 is 4.98 Å². The Morgan fingerprint density at radius 2 is 2.07 bits per heavy atom. The third-order valence-corrected chi connectivity index (χ3v) is 5.39. The fourth-order valence-electron chi connectivity index (χ4n) is 3.31. The molecule has 1 aromatic carbocycles. The summed E-state index contributed by atoms with van der Waals surface area (Å²) in [6, 6.07) is 6.26. The van der Waals surface area contributed by atoms with Crippen molar-refractivity contribution in [1.29, 1.82) is 0 Å². The van der Waals surface area contributed by atoms with Crippen molar-refractivity contribution in [2.45, 2.75) is 31.6 Å². The second kappa shape index (κ2) is 7.28. The van der Waals surface area contributed by atoms with E-state index in [2.05, 4.69) is 20.0 Å². The standard InChI is InChI=1S/C19H20FN5OS/c1-12-13(10-25(23-12)15-5-3-14(20)4-6-15)9-24-8-7-17-16(11-24)18(26)22-19(21-17)27-2/h3-6,10H,7-9,11H2,1-2H3,(H,21,22,26). The van der Waals surface area contributed by atoms with Crippen molar-refractivity contribution in [3.63, 3.8) is 0 Å². The Kier molecular flexibility index (Phi) is 4.84. The van der Waals surface area contributed by atoms with E-state index in [1.807, 2.05) is 19.4 Å². The third-order valence-electron chi connectivity index (χ3n) is 4.81. The van der Waals surface area contributed by atoms with Crippen LogP contribution in [0.1, 0.15) is 22.5 Å². The number of H-pyrrole nitrogens is 1. The molecule has 3 heterocycles. The molecular weight excluding hydrogens is 365 g/mol. The van der Waals surface area contributed by atoms with Gasteiger partial charge in [-0.1, -0.05) is 11.8 Å². The van der Waals surface area contributed by atoms with Crippen molar-refractivity contribution in [2.75, 3.05) is 12.8 Å². The Labute approximate surface area is 160 Å². The van der Waals surface area contributed by atoms with E-state index >= 15 is 0 Å². The topological polar surface area (TPSA) is 66.8 Å². The van der Waals surface area contributed by atoms with Crippen LogP contribution in [0.15, 0.2) is 40.4 Å². The van der Waals surface area contributed by atoms with E-state index in [1.54, 1.807) is 16.8 Å². The van der Waals surface area contributed by atoms with E-state index in [1.165, 1.54) is 23.9 Å². The maximum Gasteiger partial charge on any atom is 0.256 e. The summed E-state index contributed by atoms with van der Waals surface area (Å²) in [4.78, 5) is 21.9. The Balaban J connectivity index is 1.54. The molecule has 27 heavy (non-hydrogen) atoms. The molecule has 0 saturated carbocycles. The predicted octanol–water partition coefficient (Wildman–Crippen LogP) is 2.68. The molecule has 8 heteroatoms. The summed E-state index contributed by atoms with van der Waals surface area (Å²) in [7, 11) is 0. The molecule has 140 valence electrons. The number of nitrogens with zero attached hydrogens (tertiary/aromatic N) is 4. The molecule has 0 atom stereocenters. The number of thioether (sulfide) groups is 1. The molecule has 6 nitrogen and oxygen atoms in total. The zero-order valence-corrected chi connectivity index (χ0v) is 16.0. The van der Waals surface area contributed by atoms with Crippen LogP contribution in [0.5, 0.6) is 0 Å². The molecule has 0 aliphatic carbocycles. The molecule has 0 spiro atoms. The summed E-state index contributed by atoms with van der Waals surface area (Å²) >= 11 is 1.45. The summed E-state index contributed by atoms with van der Waals surface area (Å²) < 4.78 is 14.9. The van der Waals surface area contributed by atoms with Crippen LogP contribution in [0.2, 0.25) is 0 Å². The second-order valence-corrected chi connectivity index (χ2v) is 7.42. The lowest BCUT2D eigenvalue weighted by Crippen LogP contribution is -2.35. The highest BCUT2D eigenvalue weighted by atomic mass is 32.2. The molecule has 0 bridgehead atoms. The highest BCUT2D eigenvalue weighted by molar-refractivity contribution is 7.98. The number of nitrogens with one attached hydrogen (secondary N) is 1. The van der Waals surface area contributed by atoms with Crippen LogP contribution in [-0.2, 0) is 19.5 Å². The van der Waals surface area contributed by atoms with Crippen molar-refractivity contribution >= 4 is 11.8 Å². The van der Waals surface area contributed by atoms with Crippen molar-refractivity contribution in [3.05, 3.63) is 69.1 Å². The second-order valence-electron chi connectivity index (χ2n) is 6.62. The lowest BCUT2D eigenvalue weighted by molar-refractivity contribution is 0.240. The largest absolute Gasteiger partial charge is 0.301 e. The summed E-state index contributed by atoms with van der Waals surface area (Å²) in [5, 5.41) is 5.22. The van der Waals surface area contributed by atoms with Gasteiger partial charge in [0.1, 0.15) is 5.82 Å². The fraction of sp³-hybridized carbons (Fsp3) is 0.316. The van der Waals surface area contributed by atoms with Gasteiger partial charge in [0, 0.05) is 37.8 Å². The average molecular weight is 385 g/mol. The Morgan fingerprint density at radius 3 is 2.81 bits per heavy atom. The van der Waals surface area contributed by atoms with Gasteiger partial charge in [0.05, 0.1) is 22.6 Å². The van der Waals surface area contributed by atoms with E-state index in [-0.39, 0.29) is 11.4 Å². The minimum absolute atomic E-state index is 0.0484. The minimum Gasteiger partial charge on any atom is -0.301 e. The summed E-state index contributed by atoms with van der Waals surface area (Å²) in [5.41, 5.74) is 4.44. The quantitative estimate of drug-likeness (QED) is 0.553. The van der Waals surface area contributed by atoms with Gasteiger partial charge >= 0.3 is 0 Å². The van der Waals surface area contributed by atoms with E-state index < -0.39 is 0 Å². The molecule has 0 fully saturated rings. The number of hydrogen-bond acceptors (Lipinski definition) is 5. The molecular formula is C19H20FN5OS. The monoisotopic (exact) mass is 385 g/mol. The van der Waals surface area contributed by atoms with Gasteiger partial charge in [-0.2, -0.15) is 5.10 Å². The van der Waals surface area contributed by atoms with Crippen molar-refractivity contribution in [2.24, 2.45) is 0 Å². The zero-order valence-electron chi connectivity index (χ0n) is 15.2. The van der Waals surface area contributed by atoms with Crippen LogP contribution in [0.25, 0.3) is 5.69 Å². The summed E-state index contributed by atoms with van der Waals surface area (Å²) in [6.07, 6.45) is 4.64. The molecule has 3 aromatic rings. The normalized spacial score (nSPS) is 14.3. The molecule has 0 amide bonds. The van der Waals surface area contributed by atoms with Crippen molar-refractivity contribution < 1.29 is 4.39 Å². The first-order valence-electron chi connectivity index (χ1n) is 8.73. The van der Waals surface area contributed by atoms with Crippen LogP contribution in [-0.4, -0.2) is 37.4 Å². The Morgan fingerprint density at radius 1 is 1.30 bits per heavy atom. The summed E-state index contributed by atoms with van der Waals surface area (Å²) in [6.45, 7) is 4.09. The SMILES string of the molecule is CSc1nc2c(c(=O)[nH]1)CN(Cc1cn(-c3ccc(F)cc3)nc1C)CC2. The van der Waals surface area contributed by atoms with Crippen LogP contribution in [0.3, 0.4) is 0 Å². The first kappa shape index (κ1) is 17.9. The number of fused-ring (bicyclic) bond motifs is 1. The van der Waals surface area contributed by atoms with Crippen molar-refractivity contribution in [3.8, 4) is 5.69 Å². The lowest BCUT2D eigenvalue weighted by Gasteiger charge is -2.27. The van der Waals surface area contributed by atoms with E-state index in [0.717, 1.165) is 41.2 Å². The number of halogens is 1. The number of rotatable bonds is 4. The fourth-order valence-corrected chi connectivity index (χ4v) is 3.70. The molecule has 4 rings (SSSR count). The van der Waals surface area contributed by atoms with Gasteiger partial charge in [-0.25, -0.2) is 14.1 Å². The molecule has 1 N–H and O–H groups in total. The van der Waals surface area contributed by atoms with Gasteiger partial charge in [0.2, 0.25) is 0 Å². The van der Waals surface area contributed by atoms with Gasteiger partial charge in [-0.05, 0) is 37.4 Å². The average Bonchev–Trinajstić information content (AvgIpc) is 3.03. The highest BCUT2D eigenvalue weighted by Crippen LogP contribution is 2.20. The summed E-state index contributed by atoms with van der Waals surface area (Å²) in [5.74, 6) is -0.265. The van der Waals surface area contributed by atoms with Crippen molar-refractivity contribution in [1.82, 2.24) is 24.6 Å². The van der Waals surface area contributed by atoms with Crippen LogP contribution in [0, 0.1) is 12.7 Å². The molecule has 1 aliphatic heterocycles. The smallest absolute Gasteiger partial charge is 0.256 e. The van der Waals surface area contributed by atoms with Crippen LogP contribution in [0.4, 0.5) is 4.39 Å². The van der Waals surface area contributed by atoms with Gasteiger partial charge in [-0.3, -0.25) is 9.69 Å². The van der Waals surface area contributed by atoms with E-state index in [9.17, 15) is 9.18 Å². The highest BCUT2D eigenvalue weighted by Gasteiger charge is 2.22. The predicted molar refractivity (Wildman–Crippen MR) is 103 cm³/mol. The Bertz CT molecular complexity index is 1030. The number of aromatic amines is 1.